The average molecular weight is 648 g/mol. The van der Waals surface area contributed by atoms with Crippen LogP contribution in [0.3, 0.4) is 0 Å². The van der Waals surface area contributed by atoms with Crippen LogP contribution in [0.15, 0.2) is 152 Å². The Morgan fingerprint density at radius 2 is 1.06 bits per heavy atom. The van der Waals surface area contributed by atoms with Crippen LogP contribution in [0.2, 0.25) is 0 Å². The van der Waals surface area contributed by atoms with E-state index in [1.807, 2.05) is 11.3 Å². The maximum atomic E-state index is 5.28. The number of hydrogen-bond donors (Lipinski definition) is 0. The molecule has 0 bridgehead atoms. The summed E-state index contributed by atoms with van der Waals surface area (Å²) < 4.78 is 8.63. The summed E-state index contributed by atoms with van der Waals surface area (Å²) in [5.74, 6) is 0. The second kappa shape index (κ2) is 9.88. The Bertz CT molecular complexity index is 3070. The standard InChI is InChI=1S/C43H25N3S2/c1-2-10-28(11-3-1)45-35-15-7-5-13-30(35)33-24-26(19-22-37(33)45)27-18-20-31-29-12-4-8-16-36(29)46(38(31)25-27)43-44-34-21-23-40-41(42(34)48-43)32-14-6-9-17-39(32)47-40/h1-25H. The molecule has 0 N–H and O–H groups in total. The monoisotopic (exact) mass is 647 g/mol. The summed E-state index contributed by atoms with van der Waals surface area (Å²) in [6.45, 7) is 0. The molecule has 0 spiro atoms. The molecule has 0 amide bonds. The van der Waals surface area contributed by atoms with Gasteiger partial charge in [0, 0.05) is 47.4 Å². The maximum absolute atomic E-state index is 5.28. The van der Waals surface area contributed by atoms with Gasteiger partial charge < -0.3 is 4.57 Å². The van der Waals surface area contributed by atoms with Gasteiger partial charge in [-0.3, -0.25) is 4.57 Å². The molecular weight excluding hydrogens is 623 g/mol. The lowest BCUT2D eigenvalue weighted by molar-refractivity contribution is 1.15. The summed E-state index contributed by atoms with van der Waals surface area (Å²) >= 11 is 3.65. The summed E-state index contributed by atoms with van der Waals surface area (Å²) in [4.78, 5) is 5.28. The summed E-state index contributed by atoms with van der Waals surface area (Å²) in [6.07, 6.45) is 0. The Morgan fingerprint density at radius 3 is 1.92 bits per heavy atom. The van der Waals surface area contributed by atoms with Gasteiger partial charge in [0.25, 0.3) is 0 Å². The van der Waals surface area contributed by atoms with Gasteiger partial charge in [-0.1, -0.05) is 102 Å². The Hall–Kier alpha value is -5.75. The van der Waals surface area contributed by atoms with Gasteiger partial charge in [-0.15, -0.1) is 11.3 Å². The van der Waals surface area contributed by atoms with E-state index < -0.39 is 0 Å². The zero-order valence-electron chi connectivity index (χ0n) is 25.6. The van der Waals surface area contributed by atoms with Crippen molar-refractivity contribution in [3.8, 4) is 21.9 Å². The van der Waals surface area contributed by atoms with Gasteiger partial charge in [0.05, 0.1) is 32.3 Å². The molecule has 0 aliphatic carbocycles. The molecule has 0 aliphatic heterocycles. The number of rotatable bonds is 3. The van der Waals surface area contributed by atoms with Gasteiger partial charge in [0.1, 0.15) is 0 Å². The predicted molar refractivity (Wildman–Crippen MR) is 207 cm³/mol. The fourth-order valence-corrected chi connectivity index (χ4v) is 9.98. The first-order valence-corrected chi connectivity index (χ1v) is 17.8. The van der Waals surface area contributed by atoms with Crippen LogP contribution < -0.4 is 0 Å². The normalized spacial score (nSPS) is 12.2. The fourth-order valence-electron chi connectivity index (χ4n) is 7.64. The number of aromatic nitrogens is 3. The molecule has 5 heteroatoms. The molecule has 3 nitrogen and oxygen atoms in total. The van der Waals surface area contributed by atoms with Gasteiger partial charge in [-0.05, 0) is 71.8 Å². The van der Waals surface area contributed by atoms with Crippen molar-refractivity contribution in [2.75, 3.05) is 0 Å². The van der Waals surface area contributed by atoms with Crippen molar-refractivity contribution >= 4 is 96.7 Å². The summed E-state index contributed by atoms with van der Waals surface area (Å²) in [7, 11) is 0. The zero-order valence-corrected chi connectivity index (χ0v) is 27.2. The van der Waals surface area contributed by atoms with Crippen molar-refractivity contribution in [3.05, 3.63) is 152 Å². The number of thiophene rings is 1. The number of thiazole rings is 1. The average Bonchev–Trinajstić information content (AvgIpc) is 3.90. The number of hydrogen-bond acceptors (Lipinski definition) is 3. The van der Waals surface area contributed by atoms with Crippen LogP contribution in [0.1, 0.15) is 0 Å². The van der Waals surface area contributed by atoms with E-state index in [0.717, 1.165) is 10.6 Å². The molecular formula is C43H25N3S2. The van der Waals surface area contributed by atoms with Crippen molar-refractivity contribution < 1.29 is 0 Å². The summed E-state index contributed by atoms with van der Waals surface area (Å²) in [5, 5.41) is 8.62. The minimum Gasteiger partial charge on any atom is -0.309 e. The highest BCUT2D eigenvalue weighted by Crippen LogP contribution is 2.43. The van der Waals surface area contributed by atoms with Crippen molar-refractivity contribution in [1.29, 1.82) is 0 Å². The van der Waals surface area contributed by atoms with E-state index >= 15 is 0 Å². The molecule has 0 saturated carbocycles. The van der Waals surface area contributed by atoms with Crippen LogP contribution in [0.5, 0.6) is 0 Å². The van der Waals surface area contributed by atoms with E-state index in [9.17, 15) is 0 Å². The van der Waals surface area contributed by atoms with Gasteiger partial charge in [-0.2, -0.15) is 0 Å². The lowest BCUT2D eigenvalue weighted by atomic mass is 10.0. The van der Waals surface area contributed by atoms with Crippen LogP contribution in [-0.4, -0.2) is 14.1 Å². The Labute approximate surface area is 283 Å². The number of fused-ring (bicyclic) bond motifs is 11. The first kappa shape index (κ1) is 26.3. The highest BCUT2D eigenvalue weighted by molar-refractivity contribution is 7.28. The fraction of sp³-hybridized carbons (Fsp3) is 0. The van der Waals surface area contributed by atoms with Gasteiger partial charge in [-0.25, -0.2) is 4.98 Å². The van der Waals surface area contributed by atoms with Crippen LogP contribution >= 0.6 is 22.7 Å². The summed E-state index contributed by atoms with van der Waals surface area (Å²) in [5.41, 5.74) is 9.39. The summed E-state index contributed by atoms with van der Waals surface area (Å²) in [6, 6.07) is 55.1. The molecule has 0 fully saturated rings. The van der Waals surface area contributed by atoms with Crippen LogP contribution in [0.25, 0.3) is 95.9 Å². The largest absolute Gasteiger partial charge is 0.309 e. The second-order valence-corrected chi connectivity index (χ2v) is 14.4. The van der Waals surface area contributed by atoms with Gasteiger partial charge >= 0.3 is 0 Å². The van der Waals surface area contributed by atoms with E-state index in [1.54, 1.807) is 11.3 Å². The molecule has 0 saturated heterocycles. The van der Waals surface area contributed by atoms with Crippen molar-refractivity contribution in [2.24, 2.45) is 0 Å². The molecule has 224 valence electrons. The van der Waals surface area contributed by atoms with Crippen LogP contribution in [0, 0.1) is 0 Å². The van der Waals surface area contributed by atoms with E-state index in [2.05, 4.69) is 161 Å². The molecule has 11 aromatic rings. The molecule has 0 atom stereocenters. The van der Waals surface area contributed by atoms with Crippen LogP contribution in [-0.2, 0) is 0 Å². The second-order valence-electron chi connectivity index (χ2n) is 12.4. The third kappa shape index (κ3) is 3.66. The van der Waals surface area contributed by atoms with Gasteiger partial charge in [0.15, 0.2) is 5.13 Å². The highest BCUT2D eigenvalue weighted by Gasteiger charge is 2.19. The Morgan fingerprint density at radius 1 is 0.417 bits per heavy atom. The Kier molecular flexibility index (Phi) is 5.42. The molecule has 4 aromatic heterocycles. The third-order valence-electron chi connectivity index (χ3n) is 9.77. The van der Waals surface area contributed by atoms with Crippen LogP contribution in [0.4, 0.5) is 0 Å². The predicted octanol–water partition coefficient (Wildman–Crippen LogP) is 12.5. The zero-order chi connectivity index (χ0) is 31.3. The van der Waals surface area contributed by atoms with E-state index in [0.29, 0.717) is 0 Å². The maximum Gasteiger partial charge on any atom is 0.195 e. The highest BCUT2D eigenvalue weighted by atomic mass is 32.1. The van der Waals surface area contributed by atoms with Crippen molar-refractivity contribution in [1.82, 2.24) is 14.1 Å². The SMILES string of the molecule is c1ccc(-n2c3ccccc3c3cc(-c4ccc5c6ccccc6n(-c6nc7ccc8sc9ccccc9c8c7s6)c5c4)ccc32)cc1. The van der Waals surface area contributed by atoms with Crippen molar-refractivity contribution in [3.63, 3.8) is 0 Å². The quantitative estimate of drug-likeness (QED) is 0.187. The smallest absolute Gasteiger partial charge is 0.195 e. The molecule has 7 aromatic carbocycles. The molecule has 48 heavy (non-hydrogen) atoms. The van der Waals surface area contributed by atoms with Gasteiger partial charge in [0.2, 0.25) is 0 Å². The first-order chi connectivity index (χ1) is 23.8. The van der Waals surface area contributed by atoms with E-state index in [4.69, 9.17) is 4.98 Å². The number of benzene rings is 7. The number of nitrogens with zero attached hydrogens (tertiary/aromatic N) is 3. The minimum absolute atomic E-state index is 0.998. The minimum atomic E-state index is 0.998. The van der Waals surface area contributed by atoms with E-state index in [1.165, 1.54) is 85.3 Å². The molecule has 0 radical (unpaired) electrons. The van der Waals surface area contributed by atoms with Crippen molar-refractivity contribution in [2.45, 2.75) is 0 Å². The molecule has 0 aliphatic rings. The third-order valence-corrected chi connectivity index (χ3v) is 12.0. The molecule has 11 rings (SSSR count). The topological polar surface area (TPSA) is 22.8 Å². The molecule has 0 unspecified atom stereocenters. The lowest BCUT2D eigenvalue weighted by Crippen LogP contribution is -1.93. The number of para-hydroxylation sites is 3. The Balaban J connectivity index is 1.15. The molecule has 4 heterocycles. The lowest BCUT2D eigenvalue weighted by Gasteiger charge is -2.09. The van der Waals surface area contributed by atoms with E-state index in [-0.39, 0.29) is 0 Å². The first-order valence-electron chi connectivity index (χ1n) is 16.1.